The quantitative estimate of drug-likeness (QED) is 0.852. The van der Waals surface area contributed by atoms with E-state index in [0.29, 0.717) is 0 Å². The highest BCUT2D eigenvalue weighted by molar-refractivity contribution is 7.99. The van der Waals surface area contributed by atoms with Gasteiger partial charge in [0, 0.05) is 10.9 Å². The molecule has 0 saturated heterocycles. The minimum atomic E-state index is -0.237. The Morgan fingerprint density at radius 3 is 2.61 bits per heavy atom. The third kappa shape index (κ3) is 3.15. The van der Waals surface area contributed by atoms with Gasteiger partial charge in [0.15, 0.2) is 0 Å². The second-order valence-corrected chi connectivity index (χ2v) is 5.52. The summed E-state index contributed by atoms with van der Waals surface area (Å²) in [6.45, 7) is 3.82. The smallest absolute Gasteiger partial charge is 0.124 e. The summed E-state index contributed by atoms with van der Waals surface area (Å²) in [5.41, 5.74) is 5.99. The molecule has 1 aromatic heterocycles. The fourth-order valence-corrected chi connectivity index (χ4v) is 2.81. The minimum Gasteiger partial charge on any atom is -0.465 e. The van der Waals surface area contributed by atoms with Crippen LogP contribution < -0.4 is 5.73 Å². The van der Waals surface area contributed by atoms with Gasteiger partial charge in [-0.1, -0.05) is 6.07 Å². The molecule has 96 valence electrons. The van der Waals surface area contributed by atoms with Gasteiger partial charge in [-0.3, -0.25) is 0 Å². The summed E-state index contributed by atoms with van der Waals surface area (Å²) in [4.78, 5) is 0.853. The van der Waals surface area contributed by atoms with Gasteiger partial charge >= 0.3 is 0 Å². The molecule has 2 N–H and O–H groups in total. The summed E-state index contributed by atoms with van der Waals surface area (Å²) >= 11 is 1.52. The predicted molar refractivity (Wildman–Crippen MR) is 72.1 cm³/mol. The molecular formula is C14H16FNOS. The van der Waals surface area contributed by atoms with Gasteiger partial charge in [0.1, 0.15) is 17.3 Å². The summed E-state index contributed by atoms with van der Waals surface area (Å²) in [7, 11) is 0. The number of benzene rings is 1. The van der Waals surface area contributed by atoms with E-state index in [1.165, 1.54) is 23.9 Å². The molecule has 2 rings (SSSR count). The Labute approximate surface area is 110 Å². The number of halogens is 1. The monoisotopic (exact) mass is 265 g/mol. The molecule has 0 fully saturated rings. The van der Waals surface area contributed by atoms with Crippen molar-refractivity contribution in [3.05, 3.63) is 53.7 Å². The van der Waals surface area contributed by atoms with Crippen molar-refractivity contribution in [2.24, 2.45) is 5.73 Å². The Kier molecular flexibility index (Phi) is 4.09. The molecule has 2 aromatic rings. The van der Waals surface area contributed by atoms with Crippen LogP contribution in [0.3, 0.4) is 0 Å². The number of hydrogen-bond acceptors (Lipinski definition) is 3. The van der Waals surface area contributed by atoms with Crippen molar-refractivity contribution in [2.45, 2.75) is 30.0 Å². The van der Waals surface area contributed by atoms with Gasteiger partial charge in [0.25, 0.3) is 0 Å². The largest absolute Gasteiger partial charge is 0.465 e. The molecule has 0 amide bonds. The summed E-state index contributed by atoms with van der Waals surface area (Å²) in [6.07, 6.45) is 0. The van der Waals surface area contributed by atoms with Crippen LogP contribution in [0.2, 0.25) is 0 Å². The first-order chi connectivity index (χ1) is 8.56. The molecule has 0 saturated carbocycles. The van der Waals surface area contributed by atoms with Crippen LogP contribution in [0.5, 0.6) is 0 Å². The molecule has 0 aliphatic carbocycles. The van der Waals surface area contributed by atoms with E-state index in [2.05, 4.69) is 0 Å². The molecular weight excluding hydrogens is 249 g/mol. The standard InChI is InChI=1S/C14H16FNOS/c1-9-6-7-13(17-9)14(10(2)16)18-12-5-3-4-11(15)8-12/h3-8,10,14H,16H2,1-2H3. The van der Waals surface area contributed by atoms with Crippen LogP contribution in [0.25, 0.3) is 0 Å². The van der Waals surface area contributed by atoms with Gasteiger partial charge in [-0.25, -0.2) is 4.39 Å². The summed E-state index contributed by atoms with van der Waals surface area (Å²) in [6, 6.07) is 10.3. The lowest BCUT2D eigenvalue weighted by Gasteiger charge is -2.18. The SMILES string of the molecule is Cc1ccc(C(Sc2cccc(F)c2)C(C)N)o1. The number of thioether (sulfide) groups is 1. The predicted octanol–water partition coefficient (Wildman–Crippen LogP) is 3.91. The van der Waals surface area contributed by atoms with E-state index in [1.807, 2.05) is 32.0 Å². The Morgan fingerprint density at radius 1 is 1.28 bits per heavy atom. The maximum atomic E-state index is 13.2. The van der Waals surface area contributed by atoms with Crippen LogP contribution in [0, 0.1) is 12.7 Å². The van der Waals surface area contributed by atoms with Crippen molar-refractivity contribution in [3.8, 4) is 0 Å². The van der Waals surface area contributed by atoms with E-state index in [4.69, 9.17) is 10.2 Å². The maximum Gasteiger partial charge on any atom is 0.124 e. The van der Waals surface area contributed by atoms with Crippen molar-refractivity contribution >= 4 is 11.8 Å². The van der Waals surface area contributed by atoms with Crippen molar-refractivity contribution in [1.82, 2.24) is 0 Å². The van der Waals surface area contributed by atoms with E-state index in [1.54, 1.807) is 6.07 Å². The Hall–Kier alpha value is -1.26. The van der Waals surface area contributed by atoms with Crippen LogP contribution in [-0.2, 0) is 0 Å². The normalized spacial score (nSPS) is 14.4. The highest BCUT2D eigenvalue weighted by Gasteiger charge is 2.21. The molecule has 1 heterocycles. The second kappa shape index (κ2) is 5.59. The van der Waals surface area contributed by atoms with Gasteiger partial charge in [-0.05, 0) is 44.2 Å². The molecule has 0 spiro atoms. The van der Waals surface area contributed by atoms with E-state index < -0.39 is 0 Å². The maximum absolute atomic E-state index is 13.2. The fraction of sp³-hybridized carbons (Fsp3) is 0.286. The van der Waals surface area contributed by atoms with Crippen molar-refractivity contribution in [3.63, 3.8) is 0 Å². The third-order valence-electron chi connectivity index (χ3n) is 2.58. The first-order valence-corrected chi connectivity index (χ1v) is 6.68. The first-order valence-electron chi connectivity index (χ1n) is 5.80. The Bertz CT molecular complexity index is 524. The summed E-state index contributed by atoms with van der Waals surface area (Å²) in [5.74, 6) is 1.45. The Balaban J connectivity index is 2.22. The van der Waals surface area contributed by atoms with Crippen molar-refractivity contribution in [1.29, 1.82) is 0 Å². The lowest BCUT2D eigenvalue weighted by molar-refractivity contribution is 0.464. The van der Waals surface area contributed by atoms with Gasteiger partial charge in [-0.15, -0.1) is 11.8 Å². The Morgan fingerprint density at radius 2 is 2.06 bits per heavy atom. The number of rotatable bonds is 4. The molecule has 1 aromatic carbocycles. The zero-order chi connectivity index (χ0) is 13.1. The lowest BCUT2D eigenvalue weighted by atomic mass is 10.2. The van der Waals surface area contributed by atoms with Gasteiger partial charge in [-0.2, -0.15) is 0 Å². The third-order valence-corrected chi connectivity index (χ3v) is 4.02. The summed E-state index contributed by atoms with van der Waals surface area (Å²) in [5, 5.41) is -0.0134. The molecule has 2 nitrogen and oxygen atoms in total. The van der Waals surface area contributed by atoms with Crippen LogP contribution in [0.1, 0.15) is 23.7 Å². The lowest BCUT2D eigenvalue weighted by Crippen LogP contribution is -2.22. The van der Waals surface area contributed by atoms with Crippen LogP contribution in [0.4, 0.5) is 4.39 Å². The second-order valence-electron chi connectivity index (χ2n) is 4.30. The number of nitrogens with two attached hydrogens (primary N) is 1. The van der Waals surface area contributed by atoms with Gasteiger partial charge in [0.05, 0.1) is 5.25 Å². The van der Waals surface area contributed by atoms with Crippen LogP contribution >= 0.6 is 11.8 Å². The zero-order valence-electron chi connectivity index (χ0n) is 10.4. The highest BCUT2D eigenvalue weighted by Crippen LogP contribution is 2.37. The first kappa shape index (κ1) is 13.2. The van der Waals surface area contributed by atoms with E-state index in [-0.39, 0.29) is 17.1 Å². The summed E-state index contributed by atoms with van der Waals surface area (Å²) < 4.78 is 18.8. The zero-order valence-corrected chi connectivity index (χ0v) is 11.2. The van der Waals surface area contributed by atoms with Gasteiger partial charge in [0.2, 0.25) is 0 Å². The fourth-order valence-electron chi connectivity index (χ4n) is 1.72. The molecule has 2 atom stereocenters. The molecule has 0 aliphatic heterocycles. The average Bonchev–Trinajstić information content (AvgIpc) is 2.72. The molecule has 0 radical (unpaired) electrons. The van der Waals surface area contributed by atoms with Crippen molar-refractivity contribution < 1.29 is 8.81 Å². The number of furan rings is 1. The van der Waals surface area contributed by atoms with Gasteiger partial charge < -0.3 is 10.2 Å². The molecule has 18 heavy (non-hydrogen) atoms. The van der Waals surface area contributed by atoms with Crippen LogP contribution in [0.15, 0.2) is 45.7 Å². The molecule has 2 unspecified atom stereocenters. The molecule has 4 heteroatoms. The minimum absolute atomic E-state index is 0.0134. The molecule has 0 aliphatic rings. The average molecular weight is 265 g/mol. The van der Waals surface area contributed by atoms with E-state index in [0.717, 1.165) is 16.4 Å². The topological polar surface area (TPSA) is 39.2 Å². The van der Waals surface area contributed by atoms with Crippen molar-refractivity contribution in [2.75, 3.05) is 0 Å². The van der Waals surface area contributed by atoms with Crippen LogP contribution in [-0.4, -0.2) is 6.04 Å². The van der Waals surface area contributed by atoms with E-state index >= 15 is 0 Å². The van der Waals surface area contributed by atoms with E-state index in [9.17, 15) is 4.39 Å². The molecule has 0 bridgehead atoms. The number of hydrogen-bond donors (Lipinski definition) is 1. The number of aryl methyl sites for hydroxylation is 1. The highest BCUT2D eigenvalue weighted by atomic mass is 32.2.